The number of thiol groups is 1. The second-order valence-electron chi connectivity index (χ2n) is 2.96. The predicted octanol–water partition coefficient (Wildman–Crippen LogP) is 2.58. The lowest BCUT2D eigenvalue weighted by molar-refractivity contribution is -0.117. The van der Waals surface area contributed by atoms with Gasteiger partial charge in [0.25, 0.3) is 0 Å². The minimum atomic E-state index is 0.302. The maximum atomic E-state index is 11.5. The molecule has 0 spiro atoms. The smallest absolute Gasteiger partial charge is 0.146 e. The molecule has 3 atom stereocenters. The molecule has 3 unspecified atom stereocenters. The van der Waals surface area contributed by atoms with Gasteiger partial charge in [-0.3, -0.25) is 4.79 Å². The number of hydrogen-bond donors (Lipinski definition) is 1. The SMILES string of the molecule is CC1CCC(=O)C1S1=[SH]SSS1. The number of ketones is 1. The molecule has 1 heterocycles. The third-order valence-corrected chi connectivity index (χ3v) is 18.7. The molecule has 1 nitrogen and oxygen atoms in total. The Kier molecular flexibility index (Phi) is 3.56. The highest BCUT2D eigenvalue weighted by atomic mass is 34.0. The van der Waals surface area contributed by atoms with Gasteiger partial charge in [-0.1, -0.05) is 24.8 Å². The van der Waals surface area contributed by atoms with E-state index in [0.29, 0.717) is 25.4 Å². The molecule has 2 aliphatic rings. The van der Waals surface area contributed by atoms with Crippen LogP contribution in [0.25, 0.3) is 0 Å². The van der Waals surface area contributed by atoms with E-state index in [4.69, 9.17) is 0 Å². The van der Waals surface area contributed by atoms with Crippen LogP contribution >= 0.6 is 29.5 Å². The molecule has 0 aromatic rings. The number of carbonyl (C=O) groups excluding carboxylic acids is 1. The Morgan fingerprint density at radius 2 is 2.50 bits per heavy atom. The first-order valence-corrected chi connectivity index (χ1v) is 11.2. The van der Waals surface area contributed by atoms with Crippen molar-refractivity contribution in [3.8, 4) is 0 Å². The summed E-state index contributed by atoms with van der Waals surface area (Å²) < 4.78 is 0. The van der Waals surface area contributed by atoms with E-state index in [-0.39, 0.29) is 0 Å². The summed E-state index contributed by atoms with van der Waals surface area (Å²) in [5, 5.41) is 0.388. The number of Topliss-reactive ketones (excluding diaryl/α,β-unsaturated/α-hetero) is 1. The molecular formula is C6H10OS5. The Bertz CT molecular complexity index is 238. The van der Waals surface area contributed by atoms with Crippen molar-refractivity contribution >= 4 is 53.1 Å². The Morgan fingerprint density at radius 3 is 3.00 bits per heavy atom. The first-order chi connectivity index (χ1) is 5.79. The minimum absolute atomic E-state index is 0.302. The largest absolute Gasteiger partial charge is 0.298 e. The lowest BCUT2D eigenvalue weighted by Gasteiger charge is -2.13. The Labute approximate surface area is 88.4 Å². The lowest BCUT2D eigenvalue weighted by Crippen LogP contribution is -2.22. The van der Waals surface area contributed by atoms with E-state index >= 15 is 0 Å². The predicted molar refractivity (Wildman–Crippen MR) is 66.1 cm³/mol. The van der Waals surface area contributed by atoms with E-state index < -0.39 is 0 Å². The third kappa shape index (κ3) is 1.92. The molecule has 1 aliphatic carbocycles. The molecule has 0 amide bonds. The molecule has 0 bridgehead atoms. The van der Waals surface area contributed by atoms with Gasteiger partial charge in [-0.05, 0) is 41.8 Å². The third-order valence-electron chi connectivity index (χ3n) is 2.13. The van der Waals surface area contributed by atoms with Crippen LogP contribution in [0.2, 0.25) is 0 Å². The van der Waals surface area contributed by atoms with Crippen LogP contribution in [0, 0.1) is 5.92 Å². The average Bonchev–Trinajstić information content (AvgIpc) is 2.61. The van der Waals surface area contributed by atoms with Gasteiger partial charge in [0.05, 0.1) is 5.25 Å². The summed E-state index contributed by atoms with van der Waals surface area (Å²) in [7, 11) is 7.39. The zero-order valence-corrected chi connectivity index (χ0v) is 10.7. The molecule has 0 N–H and O–H groups in total. The number of carbonyl (C=O) groups is 1. The summed E-state index contributed by atoms with van der Waals surface area (Å²) in [5.41, 5.74) is 0. The van der Waals surface area contributed by atoms with Crippen molar-refractivity contribution in [3.05, 3.63) is 0 Å². The van der Waals surface area contributed by atoms with E-state index in [9.17, 15) is 4.79 Å². The summed E-state index contributed by atoms with van der Waals surface area (Å²) in [6.45, 7) is 2.23. The highest BCUT2D eigenvalue weighted by Gasteiger charge is 2.35. The molecule has 2 rings (SSSR count). The minimum Gasteiger partial charge on any atom is -0.298 e. The Morgan fingerprint density at radius 1 is 1.67 bits per heavy atom. The van der Waals surface area contributed by atoms with Gasteiger partial charge in [0.15, 0.2) is 0 Å². The van der Waals surface area contributed by atoms with Crippen molar-refractivity contribution in [3.63, 3.8) is 0 Å². The first kappa shape index (κ1) is 9.96. The van der Waals surface area contributed by atoms with Crippen LogP contribution in [0.15, 0.2) is 0 Å². The fourth-order valence-electron chi connectivity index (χ4n) is 1.48. The van der Waals surface area contributed by atoms with Crippen molar-refractivity contribution in [2.75, 3.05) is 0 Å². The van der Waals surface area contributed by atoms with Crippen LogP contribution in [-0.2, 0) is 22.6 Å². The summed E-state index contributed by atoms with van der Waals surface area (Å²) in [4.78, 5) is 11.5. The van der Waals surface area contributed by atoms with E-state index in [0.717, 1.165) is 12.8 Å². The average molecular weight is 258 g/mol. The van der Waals surface area contributed by atoms with Crippen LogP contribution in [0.3, 0.4) is 0 Å². The molecule has 1 aliphatic heterocycles. The van der Waals surface area contributed by atoms with E-state index in [1.54, 1.807) is 0 Å². The van der Waals surface area contributed by atoms with Crippen molar-refractivity contribution in [2.45, 2.75) is 25.0 Å². The van der Waals surface area contributed by atoms with Crippen LogP contribution in [0.1, 0.15) is 19.8 Å². The summed E-state index contributed by atoms with van der Waals surface area (Å²) in [6, 6.07) is 0. The van der Waals surface area contributed by atoms with E-state index in [2.05, 4.69) is 6.92 Å². The van der Waals surface area contributed by atoms with Crippen molar-refractivity contribution in [1.29, 1.82) is 0 Å². The van der Waals surface area contributed by atoms with Crippen molar-refractivity contribution in [1.82, 2.24) is 0 Å². The van der Waals surface area contributed by atoms with Gasteiger partial charge in [-0.15, -0.1) is 0 Å². The maximum absolute atomic E-state index is 11.5. The van der Waals surface area contributed by atoms with Crippen LogP contribution in [0.5, 0.6) is 0 Å². The number of hydrogen-bond acceptors (Lipinski definition) is 4. The standard InChI is InChI=1S/C6H10OS5/c1-4-2-3-5(7)6(4)12-10-8-9-11-12/h4,6,10H,2-3H2,1H3. The van der Waals surface area contributed by atoms with Crippen molar-refractivity contribution < 1.29 is 4.79 Å². The molecule has 1 saturated carbocycles. The summed E-state index contributed by atoms with van der Waals surface area (Å²) in [5.74, 6) is 1.16. The zero-order valence-electron chi connectivity index (χ0n) is 6.56. The van der Waals surface area contributed by atoms with E-state index in [1.807, 2.05) is 29.5 Å². The van der Waals surface area contributed by atoms with Gasteiger partial charge < -0.3 is 0 Å². The maximum Gasteiger partial charge on any atom is 0.146 e. The molecule has 6 heteroatoms. The molecule has 12 heavy (non-hydrogen) atoms. The van der Waals surface area contributed by atoms with Crippen molar-refractivity contribution in [2.24, 2.45) is 5.92 Å². The van der Waals surface area contributed by atoms with Gasteiger partial charge in [0.1, 0.15) is 5.78 Å². The number of rotatable bonds is 1. The zero-order chi connectivity index (χ0) is 8.55. The Hall–Kier alpha value is 1.42. The quantitative estimate of drug-likeness (QED) is 0.575. The summed E-state index contributed by atoms with van der Waals surface area (Å²) in [6.07, 6.45) is 1.96. The first-order valence-electron chi connectivity index (χ1n) is 3.77. The van der Waals surface area contributed by atoms with Gasteiger partial charge in [0.2, 0.25) is 0 Å². The molecular weight excluding hydrogens is 248 g/mol. The Balaban J connectivity index is 2.15. The second-order valence-corrected chi connectivity index (χ2v) is 14.4. The van der Waals surface area contributed by atoms with Gasteiger partial charge >= 0.3 is 0 Å². The van der Waals surface area contributed by atoms with Crippen LogP contribution in [0.4, 0.5) is 0 Å². The fraction of sp³-hybridized carbons (Fsp3) is 0.833. The molecule has 0 radical (unpaired) electrons. The lowest BCUT2D eigenvalue weighted by atomic mass is 10.1. The van der Waals surface area contributed by atoms with Gasteiger partial charge in [-0.2, -0.15) is 0 Å². The fourth-order valence-corrected chi connectivity index (χ4v) is 24.2. The topological polar surface area (TPSA) is 17.1 Å². The summed E-state index contributed by atoms with van der Waals surface area (Å²) >= 11 is 0. The highest BCUT2D eigenvalue weighted by Crippen LogP contribution is 2.49. The highest BCUT2D eigenvalue weighted by molar-refractivity contribution is 9.45. The molecule has 0 aromatic heterocycles. The monoisotopic (exact) mass is 258 g/mol. The normalized spacial score (nSPS) is 42.4. The molecule has 70 valence electrons. The van der Waals surface area contributed by atoms with Gasteiger partial charge in [-0.25, -0.2) is 0 Å². The van der Waals surface area contributed by atoms with Crippen LogP contribution in [-0.4, -0.2) is 11.0 Å². The molecule has 1 fully saturated rings. The molecule has 0 saturated heterocycles. The van der Waals surface area contributed by atoms with Crippen LogP contribution < -0.4 is 0 Å². The van der Waals surface area contributed by atoms with Gasteiger partial charge in [0, 0.05) is 6.42 Å². The van der Waals surface area contributed by atoms with E-state index in [1.165, 1.54) is 9.35 Å². The second kappa shape index (κ2) is 4.29. The molecule has 0 aromatic carbocycles.